The molecule has 0 aliphatic rings. The second kappa shape index (κ2) is 7.30. The monoisotopic (exact) mass is 354 g/mol. The standard InChI is InChI=1S/C23H18N2O2/c1-27-19-12-10-16(11-13-19)23(26)25-24-15-22-20-8-4-2-6-17(20)14-18-7-3-5-9-21(18)22/h2-15H,1H3,(H,25,26)/b24-15+. The summed E-state index contributed by atoms with van der Waals surface area (Å²) in [4.78, 5) is 12.3. The molecule has 0 saturated heterocycles. The van der Waals surface area contributed by atoms with Crippen molar-refractivity contribution in [3.63, 3.8) is 0 Å². The van der Waals surface area contributed by atoms with Gasteiger partial charge >= 0.3 is 0 Å². The molecule has 0 radical (unpaired) electrons. The summed E-state index contributed by atoms with van der Waals surface area (Å²) in [5, 5.41) is 8.67. The Hall–Kier alpha value is -3.66. The van der Waals surface area contributed by atoms with Gasteiger partial charge in [-0.05, 0) is 51.9 Å². The lowest BCUT2D eigenvalue weighted by molar-refractivity contribution is 0.0955. The summed E-state index contributed by atoms with van der Waals surface area (Å²) in [5.41, 5.74) is 4.11. The summed E-state index contributed by atoms with van der Waals surface area (Å²) in [7, 11) is 1.59. The Kier molecular flexibility index (Phi) is 4.54. The van der Waals surface area contributed by atoms with E-state index >= 15 is 0 Å². The van der Waals surface area contributed by atoms with Gasteiger partial charge in [0, 0.05) is 11.1 Å². The highest BCUT2D eigenvalue weighted by atomic mass is 16.5. The Balaban J connectivity index is 1.66. The van der Waals surface area contributed by atoms with E-state index in [9.17, 15) is 4.79 Å². The normalized spacial score (nSPS) is 11.1. The number of hydrogen-bond acceptors (Lipinski definition) is 3. The van der Waals surface area contributed by atoms with Crippen LogP contribution in [0.5, 0.6) is 5.75 Å². The van der Waals surface area contributed by atoms with Gasteiger partial charge in [-0.2, -0.15) is 5.10 Å². The zero-order chi connectivity index (χ0) is 18.6. The Morgan fingerprint density at radius 1 is 0.889 bits per heavy atom. The van der Waals surface area contributed by atoms with Crippen LogP contribution in [0.4, 0.5) is 0 Å². The second-order valence-corrected chi connectivity index (χ2v) is 6.16. The van der Waals surface area contributed by atoms with Crippen molar-refractivity contribution in [1.29, 1.82) is 0 Å². The number of benzene rings is 4. The third-order valence-corrected chi connectivity index (χ3v) is 4.52. The molecule has 4 nitrogen and oxygen atoms in total. The van der Waals surface area contributed by atoms with Crippen molar-refractivity contribution >= 4 is 33.7 Å². The topological polar surface area (TPSA) is 50.7 Å². The number of amides is 1. The van der Waals surface area contributed by atoms with Crippen molar-refractivity contribution in [2.45, 2.75) is 0 Å². The molecule has 0 heterocycles. The molecule has 0 unspecified atom stereocenters. The highest BCUT2D eigenvalue weighted by Gasteiger charge is 2.07. The molecule has 4 aromatic rings. The summed E-state index contributed by atoms with van der Waals surface area (Å²) in [6.45, 7) is 0. The molecule has 132 valence electrons. The molecule has 27 heavy (non-hydrogen) atoms. The van der Waals surface area contributed by atoms with Crippen LogP contribution in [-0.2, 0) is 0 Å². The molecule has 4 rings (SSSR count). The molecule has 4 aromatic carbocycles. The van der Waals surface area contributed by atoms with Crippen LogP contribution in [-0.4, -0.2) is 19.2 Å². The number of fused-ring (bicyclic) bond motifs is 2. The summed E-state index contributed by atoms with van der Waals surface area (Å²) in [5.74, 6) is 0.440. The quantitative estimate of drug-likeness (QED) is 0.326. The summed E-state index contributed by atoms with van der Waals surface area (Å²) in [6, 6.07) is 25.4. The predicted octanol–water partition coefficient (Wildman–Crippen LogP) is 4.77. The van der Waals surface area contributed by atoms with Crippen molar-refractivity contribution in [2.75, 3.05) is 7.11 Å². The Bertz CT molecular complexity index is 1090. The lowest BCUT2D eigenvalue weighted by atomic mass is 9.97. The SMILES string of the molecule is COc1ccc(C(=O)N/N=C/c2c3ccccc3cc3ccccc23)cc1. The van der Waals surface area contributed by atoms with Crippen LogP contribution < -0.4 is 10.2 Å². The van der Waals surface area contributed by atoms with E-state index < -0.39 is 0 Å². The molecule has 4 heteroatoms. The number of nitrogens with zero attached hydrogens (tertiary/aromatic N) is 1. The average molecular weight is 354 g/mol. The van der Waals surface area contributed by atoms with E-state index in [1.54, 1.807) is 37.6 Å². The van der Waals surface area contributed by atoms with E-state index in [4.69, 9.17) is 4.74 Å². The Morgan fingerprint density at radius 3 is 2.07 bits per heavy atom. The second-order valence-electron chi connectivity index (χ2n) is 6.16. The minimum atomic E-state index is -0.265. The maximum atomic E-state index is 12.3. The number of carbonyl (C=O) groups excluding carboxylic acids is 1. The van der Waals surface area contributed by atoms with E-state index in [1.807, 2.05) is 24.3 Å². The molecule has 0 saturated carbocycles. The highest BCUT2D eigenvalue weighted by Crippen LogP contribution is 2.27. The molecular formula is C23H18N2O2. The Morgan fingerprint density at radius 2 is 1.48 bits per heavy atom. The zero-order valence-electron chi connectivity index (χ0n) is 14.8. The van der Waals surface area contributed by atoms with Gasteiger partial charge in [-0.1, -0.05) is 48.5 Å². The first-order valence-corrected chi connectivity index (χ1v) is 8.64. The first-order chi connectivity index (χ1) is 13.3. The molecular weight excluding hydrogens is 336 g/mol. The van der Waals surface area contributed by atoms with Gasteiger partial charge in [-0.15, -0.1) is 0 Å². The van der Waals surface area contributed by atoms with Gasteiger partial charge in [-0.25, -0.2) is 5.43 Å². The molecule has 1 N–H and O–H groups in total. The maximum absolute atomic E-state index is 12.3. The first kappa shape index (κ1) is 16.8. The van der Waals surface area contributed by atoms with Crippen molar-refractivity contribution in [1.82, 2.24) is 5.43 Å². The molecule has 0 bridgehead atoms. The molecule has 0 atom stereocenters. The number of rotatable bonds is 4. The molecule has 0 aliphatic heterocycles. The number of hydrazone groups is 1. The van der Waals surface area contributed by atoms with Crippen LogP contribution in [0.25, 0.3) is 21.5 Å². The van der Waals surface area contributed by atoms with E-state index in [0.717, 1.165) is 27.1 Å². The molecule has 1 amide bonds. The number of hydrogen-bond donors (Lipinski definition) is 1. The third kappa shape index (κ3) is 3.37. The van der Waals surface area contributed by atoms with Crippen LogP contribution in [0.3, 0.4) is 0 Å². The number of methoxy groups -OCH3 is 1. The van der Waals surface area contributed by atoms with Gasteiger partial charge in [0.25, 0.3) is 5.91 Å². The Labute approximate surface area is 157 Å². The number of ether oxygens (including phenoxy) is 1. The van der Waals surface area contributed by atoms with Crippen molar-refractivity contribution < 1.29 is 9.53 Å². The predicted molar refractivity (Wildman–Crippen MR) is 110 cm³/mol. The number of carbonyl (C=O) groups is 1. The summed E-state index contributed by atoms with van der Waals surface area (Å²) >= 11 is 0. The van der Waals surface area contributed by atoms with E-state index in [-0.39, 0.29) is 5.91 Å². The fourth-order valence-electron chi connectivity index (χ4n) is 3.15. The smallest absolute Gasteiger partial charge is 0.271 e. The first-order valence-electron chi connectivity index (χ1n) is 8.64. The maximum Gasteiger partial charge on any atom is 0.271 e. The van der Waals surface area contributed by atoms with Crippen LogP contribution in [0.2, 0.25) is 0 Å². The summed E-state index contributed by atoms with van der Waals surface area (Å²) < 4.78 is 5.11. The zero-order valence-corrected chi connectivity index (χ0v) is 14.8. The van der Waals surface area contributed by atoms with Crippen LogP contribution in [0.1, 0.15) is 15.9 Å². The lowest BCUT2D eigenvalue weighted by Crippen LogP contribution is -2.17. The van der Waals surface area contributed by atoms with Gasteiger partial charge in [0.05, 0.1) is 13.3 Å². The van der Waals surface area contributed by atoms with Gasteiger partial charge < -0.3 is 4.74 Å². The van der Waals surface area contributed by atoms with Gasteiger partial charge in [0.2, 0.25) is 0 Å². The van der Waals surface area contributed by atoms with Crippen LogP contribution >= 0.6 is 0 Å². The minimum Gasteiger partial charge on any atom is -0.497 e. The van der Waals surface area contributed by atoms with Crippen molar-refractivity contribution in [3.05, 3.63) is 90.0 Å². The molecule has 0 spiro atoms. The van der Waals surface area contributed by atoms with E-state index in [1.165, 1.54) is 0 Å². The third-order valence-electron chi connectivity index (χ3n) is 4.52. The fourth-order valence-corrected chi connectivity index (χ4v) is 3.15. The van der Waals surface area contributed by atoms with E-state index in [2.05, 4.69) is 40.9 Å². The molecule has 0 aromatic heterocycles. The van der Waals surface area contributed by atoms with E-state index in [0.29, 0.717) is 11.3 Å². The van der Waals surface area contributed by atoms with Gasteiger partial charge in [0.1, 0.15) is 5.75 Å². The number of nitrogens with one attached hydrogen (secondary N) is 1. The average Bonchev–Trinajstić information content (AvgIpc) is 2.73. The minimum absolute atomic E-state index is 0.265. The largest absolute Gasteiger partial charge is 0.497 e. The lowest BCUT2D eigenvalue weighted by Gasteiger charge is -2.08. The van der Waals surface area contributed by atoms with Crippen molar-refractivity contribution in [3.8, 4) is 5.75 Å². The highest BCUT2D eigenvalue weighted by molar-refractivity contribution is 6.13. The van der Waals surface area contributed by atoms with Gasteiger partial charge in [0.15, 0.2) is 0 Å². The fraction of sp³-hybridized carbons (Fsp3) is 0.0435. The molecule has 0 fully saturated rings. The van der Waals surface area contributed by atoms with Crippen LogP contribution in [0.15, 0.2) is 84.0 Å². The molecule has 0 aliphatic carbocycles. The van der Waals surface area contributed by atoms with Crippen molar-refractivity contribution in [2.24, 2.45) is 5.10 Å². The van der Waals surface area contributed by atoms with Gasteiger partial charge in [-0.3, -0.25) is 4.79 Å². The van der Waals surface area contributed by atoms with Crippen LogP contribution in [0, 0.1) is 0 Å². The summed E-state index contributed by atoms with van der Waals surface area (Å²) in [6.07, 6.45) is 1.71.